The number of aliphatic carboxylic acids is 1. The molecule has 0 bridgehead atoms. The predicted octanol–water partition coefficient (Wildman–Crippen LogP) is 3.70. The Labute approximate surface area is 177 Å². The summed E-state index contributed by atoms with van der Waals surface area (Å²) in [6, 6.07) is 14.6. The SMILES string of the molecule is C#CCOc1ccccc1CCN(CCCCC(=O)O)Cc1ccc(C(=O)O)cc1. The van der Waals surface area contributed by atoms with Gasteiger partial charge in [-0.2, -0.15) is 0 Å². The third-order valence-electron chi connectivity index (χ3n) is 4.70. The van der Waals surface area contributed by atoms with Crippen LogP contribution in [-0.2, 0) is 17.8 Å². The number of aromatic carboxylic acids is 1. The lowest BCUT2D eigenvalue weighted by molar-refractivity contribution is -0.137. The highest BCUT2D eigenvalue weighted by atomic mass is 16.5. The summed E-state index contributed by atoms with van der Waals surface area (Å²) in [5.74, 6) is 1.51. The Morgan fingerprint density at radius 3 is 2.40 bits per heavy atom. The van der Waals surface area contributed by atoms with Crippen molar-refractivity contribution in [1.82, 2.24) is 4.90 Å². The van der Waals surface area contributed by atoms with E-state index in [4.69, 9.17) is 21.4 Å². The highest BCUT2D eigenvalue weighted by molar-refractivity contribution is 5.87. The quantitative estimate of drug-likeness (QED) is 0.388. The number of rotatable bonds is 13. The van der Waals surface area contributed by atoms with Gasteiger partial charge in [0, 0.05) is 19.5 Å². The zero-order valence-electron chi connectivity index (χ0n) is 16.9. The van der Waals surface area contributed by atoms with Crippen molar-refractivity contribution in [2.24, 2.45) is 0 Å². The molecule has 0 aliphatic carbocycles. The van der Waals surface area contributed by atoms with Crippen molar-refractivity contribution in [2.45, 2.75) is 32.2 Å². The van der Waals surface area contributed by atoms with Crippen LogP contribution in [0.3, 0.4) is 0 Å². The predicted molar refractivity (Wildman–Crippen MR) is 115 cm³/mol. The molecule has 0 aromatic heterocycles. The third-order valence-corrected chi connectivity index (χ3v) is 4.70. The maximum atomic E-state index is 11.0. The number of hydrogen-bond donors (Lipinski definition) is 2. The van der Waals surface area contributed by atoms with Crippen molar-refractivity contribution in [2.75, 3.05) is 19.7 Å². The van der Waals surface area contributed by atoms with Gasteiger partial charge in [-0.25, -0.2) is 4.79 Å². The number of ether oxygens (including phenoxy) is 1. The van der Waals surface area contributed by atoms with Crippen LogP contribution in [0.4, 0.5) is 0 Å². The van der Waals surface area contributed by atoms with E-state index in [1.165, 1.54) is 0 Å². The number of terminal acetylenes is 1. The normalized spacial score (nSPS) is 10.5. The van der Waals surface area contributed by atoms with Gasteiger partial charge in [-0.15, -0.1) is 6.42 Å². The van der Waals surface area contributed by atoms with Gasteiger partial charge in [0.1, 0.15) is 12.4 Å². The smallest absolute Gasteiger partial charge is 0.335 e. The second kappa shape index (κ2) is 12.3. The molecule has 2 aromatic rings. The Morgan fingerprint density at radius 1 is 1.00 bits per heavy atom. The molecular formula is C24H27NO5. The Bertz CT molecular complexity index is 870. The van der Waals surface area contributed by atoms with Crippen LogP contribution in [0.5, 0.6) is 5.75 Å². The second-order valence-corrected chi connectivity index (χ2v) is 6.98. The molecule has 0 amide bonds. The van der Waals surface area contributed by atoms with Crippen molar-refractivity contribution in [3.63, 3.8) is 0 Å². The van der Waals surface area contributed by atoms with Gasteiger partial charge in [0.05, 0.1) is 5.56 Å². The largest absolute Gasteiger partial charge is 0.481 e. The average molecular weight is 409 g/mol. The van der Waals surface area contributed by atoms with Gasteiger partial charge in [-0.1, -0.05) is 36.3 Å². The molecule has 0 saturated heterocycles. The maximum Gasteiger partial charge on any atom is 0.335 e. The fourth-order valence-electron chi connectivity index (χ4n) is 3.14. The summed E-state index contributed by atoms with van der Waals surface area (Å²) in [6.07, 6.45) is 7.59. The van der Waals surface area contributed by atoms with E-state index in [1.807, 2.05) is 36.4 Å². The molecule has 0 aliphatic heterocycles. The summed E-state index contributed by atoms with van der Waals surface area (Å²) in [5.41, 5.74) is 2.32. The van der Waals surface area contributed by atoms with E-state index in [9.17, 15) is 9.59 Å². The van der Waals surface area contributed by atoms with E-state index in [2.05, 4.69) is 10.8 Å². The zero-order valence-corrected chi connectivity index (χ0v) is 16.9. The second-order valence-electron chi connectivity index (χ2n) is 6.98. The molecule has 0 spiro atoms. The van der Waals surface area contributed by atoms with Gasteiger partial charge in [0.15, 0.2) is 0 Å². The van der Waals surface area contributed by atoms with Crippen LogP contribution in [-0.4, -0.2) is 46.7 Å². The molecule has 2 rings (SSSR count). The number of para-hydroxylation sites is 1. The summed E-state index contributed by atoms with van der Waals surface area (Å²) >= 11 is 0. The molecule has 0 radical (unpaired) electrons. The molecule has 2 aromatic carbocycles. The van der Waals surface area contributed by atoms with E-state index in [0.29, 0.717) is 13.0 Å². The number of benzene rings is 2. The summed E-state index contributed by atoms with van der Waals surface area (Å²) < 4.78 is 5.62. The van der Waals surface area contributed by atoms with Crippen LogP contribution in [0.15, 0.2) is 48.5 Å². The van der Waals surface area contributed by atoms with Gasteiger partial charge in [0.2, 0.25) is 0 Å². The molecule has 0 aliphatic rings. The molecule has 0 saturated carbocycles. The number of nitrogens with zero attached hydrogens (tertiary/aromatic N) is 1. The number of carbonyl (C=O) groups is 2. The number of unbranched alkanes of at least 4 members (excludes halogenated alkanes) is 1. The highest BCUT2D eigenvalue weighted by Gasteiger charge is 2.11. The molecule has 2 N–H and O–H groups in total. The Kier molecular flexibility index (Phi) is 9.43. The van der Waals surface area contributed by atoms with Crippen molar-refractivity contribution in [3.8, 4) is 18.1 Å². The lowest BCUT2D eigenvalue weighted by Crippen LogP contribution is -2.27. The first kappa shape index (κ1) is 23.0. The van der Waals surface area contributed by atoms with Gasteiger partial charge in [-0.05, 0) is 55.1 Å². The number of hydrogen-bond acceptors (Lipinski definition) is 4. The van der Waals surface area contributed by atoms with Crippen LogP contribution in [0.1, 0.15) is 40.7 Å². The fourth-order valence-corrected chi connectivity index (χ4v) is 3.14. The molecule has 0 unspecified atom stereocenters. The van der Waals surface area contributed by atoms with Gasteiger partial charge >= 0.3 is 11.9 Å². The van der Waals surface area contributed by atoms with Gasteiger partial charge in [0.25, 0.3) is 0 Å². The van der Waals surface area contributed by atoms with Gasteiger partial charge in [-0.3, -0.25) is 9.69 Å². The minimum absolute atomic E-state index is 0.157. The lowest BCUT2D eigenvalue weighted by atomic mass is 10.1. The highest BCUT2D eigenvalue weighted by Crippen LogP contribution is 2.19. The summed E-state index contributed by atoms with van der Waals surface area (Å²) in [5, 5.41) is 17.9. The Hall–Kier alpha value is -3.30. The van der Waals surface area contributed by atoms with Crippen LogP contribution in [0.25, 0.3) is 0 Å². The molecule has 0 heterocycles. The topological polar surface area (TPSA) is 87.1 Å². The van der Waals surface area contributed by atoms with Crippen molar-refractivity contribution in [1.29, 1.82) is 0 Å². The zero-order chi connectivity index (χ0) is 21.8. The van der Waals surface area contributed by atoms with E-state index in [1.54, 1.807) is 12.1 Å². The summed E-state index contributed by atoms with van der Waals surface area (Å²) in [4.78, 5) is 24.1. The van der Waals surface area contributed by atoms with Crippen LogP contribution in [0.2, 0.25) is 0 Å². The van der Waals surface area contributed by atoms with Crippen LogP contribution >= 0.6 is 0 Å². The monoisotopic (exact) mass is 409 g/mol. The van der Waals surface area contributed by atoms with E-state index >= 15 is 0 Å². The number of carboxylic acid groups (broad SMARTS) is 2. The van der Waals surface area contributed by atoms with E-state index in [-0.39, 0.29) is 18.6 Å². The van der Waals surface area contributed by atoms with Crippen molar-refractivity contribution >= 4 is 11.9 Å². The van der Waals surface area contributed by atoms with Crippen LogP contribution in [0, 0.1) is 12.3 Å². The minimum Gasteiger partial charge on any atom is -0.481 e. The Morgan fingerprint density at radius 2 is 1.73 bits per heavy atom. The average Bonchev–Trinajstić information content (AvgIpc) is 2.74. The molecular weight excluding hydrogens is 382 g/mol. The summed E-state index contributed by atoms with van der Waals surface area (Å²) in [6.45, 7) is 2.37. The fraction of sp³-hybridized carbons (Fsp3) is 0.333. The van der Waals surface area contributed by atoms with Crippen molar-refractivity contribution in [3.05, 3.63) is 65.2 Å². The number of carboxylic acids is 2. The van der Waals surface area contributed by atoms with Gasteiger partial charge < -0.3 is 14.9 Å². The Balaban J connectivity index is 2.03. The molecule has 0 atom stereocenters. The van der Waals surface area contributed by atoms with E-state index < -0.39 is 11.9 Å². The molecule has 0 fully saturated rings. The standard InChI is InChI=1S/C24H27NO5/c1-2-17-30-22-8-4-3-7-20(22)14-16-25(15-6-5-9-23(26)27)18-19-10-12-21(13-11-19)24(28)29/h1,3-4,7-8,10-13H,5-6,9,14-18H2,(H,26,27)(H,28,29). The molecule has 30 heavy (non-hydrogen) atoms. The molecule has 6 heteroatoms. The first-order chi connectivity index (χ1) is 14.5. The lowest BCUT2D eigenvalue weighted by Gasteiger charge is -2.23. The first-order valence-electron chi connectivity index (χ1n) is 9.90. The minimum atomic E-state index is -0.948. The molecule has 158 valence electrons. The van der Waals surface area contributed by atoms with Crippen LogP contribution < -0.4 is 4.74 Å². The maximum absolute atomic E-state index is 11.0. The first-order valence-corrected chi connectivity index (χ1v) is 9.90. The molecule has 6 nitrogen and oxygen atoms in total. The van der Waals surface area contributed by atoms with E-state index in [0.717, 1.165) is 42.8 Å². The van der Waals surface area contributed by atoms with Crippen molar-refractivity contribution < 1.29 is 24.5 Å². The summed E-state index contributed by atoms with van der Waals surface area (Å²) in [7, 11) is 0. The third kappa shape index (κ3) is 7.98.